The van der Waals surface area contributed by atoms with E-state index < -0.39 is 23.4 Å². The quantitative estimate of drug-likeness (QED) is 0.814. The first-order chi connectivity index (χ1) is 9.36. The summed E-state index contributed by atoms with van der Waals surface area (Å²) in [6.07, 6.45) is -4.43. The summed E-state index contributed by atoms with van der Waals surface area (Å²) in [6, 6.07) is 7.51. The Kier molecular flexibility index (Phi) is 3.92. The molecule has 106 valence electrons. The monoisotopic (exact) mass is 287 g/mol. The van der Waals surface area contributed by atoms with Gasteiger partial charge in [-0.25, -0.2) is 8.78 Å². The second kappa shape index (κ2) is 5.48. The van der Waals surface area contributed by atoms with Gasteiger partial charge in [-0.05, 0) is 35.9 Å². The fourth-order valence-corrected chi connectivity index (χ4v) is 1.69. The molecule has 1 nitrogen and oxygen atoms in total. The van der Waals surface area contributed by atoms with Crippen LogP contribution in [0.5, 0.6) is 0 Å². The summed E-state index contributed by atoms with van der Waals surface area (Å²) in [5.41, 5.74) is -0.553. The maximum absolute atomic E-state index is 13.3. The number of rotatable bonds is 3. The van der Waals surface area contributed by atoms with E-state index in [1.165, 1.54) is 12.1 Å². The van der Waals surface area contributed by atoms with Crippen molar-refractivity contribution in [2.45, 2.75) is 12.7 Å². The Morgan fingerprint density at radius 3 is 2.40 bits per heavy atom. The van der Waals surface area contributed by atoms with Gasteiger partial charge < -0.3 is 5.32 Å². The number of benzene rings is 2. The van der Waals surface area contributed by atoms with Crippen molar-refractivity contribution < 1.29 is 22.0 Å². The second-order valence-electron chi connectivity index (χ2n) is 4.18. The normalized spacial score (nSPS) is 11.4. The van der Waals surface area contributed by atoms with E-state index in [2.05, 4.69) is 5.32 Å². The van der Waals surface area contributed by atoms with Crippen LogP contribution >= 0.6 is 0 Å². The lowest BCUT2D eigenvalue weighted by Gasteiger charge is -2.11. The predicted molar refractivity (Wildman–Crippen MR) is 65.1 cm³/mol. The minimum absolute atomic E-state index is 0.0374. The summed E-state index contributed by atoms with van der Waals surface area (Å²) in [5, 5.41) is 2.57. The van der Waals surface area contributed by atoms with E-state index in [0.717, 1.165) is 30.3 Å². The van der Waals surface area contributed by atoms with E-state index in [9.17, 15) is 22.0 Å². The molecule has 0 saturated carbocycles. The van der Waals surface area contributed by atoms with Gasteiger partial charge in [-0.3, -0.25) is 0 Å². The van der Waals surface area contributed by atoms with Crippen molar-refractivity contribution in [2.24, 2.45) is 0 Å². The van der Waals surface area contributed by atoms with Crippen LogP contribution in [0.15, 0.2) is 42.5 Å². The van der Waals surface area contributed by atoms with Gasteiger partial charge in [-0.2, -0.15) is 13.2 Å². The molecule has 20 heavy (non-hydrogen) atoms. The van der Waals surface area contributed by atoms with Gasteiger partial charge in [-0.15, -0.1) is 0 Å². The van der Waals surface area contributed by atoms with E-state index in [4.69, 9.17) is 0 Å². The lowest BCUT2D eigenvalue weighted by Crippen LogP contribution is -2.07. The van der Waals surface area contributed by atoms with Crippen molar-refractivity contribution in [3.63, 3.8) is 0 Å². The summed E-state index contributed by atoms with van der Waals surface area (Å²) >= 11 is 0. The Morgan fingerprint density at radius 1 is 0.950 bits per heavy atom. The second-order valence-corrected chi connectivity index (χ2v) is 4.18. The molecular weight excluding hydrogens is 277 g/mol. The van der Waals surface area contributed by atoms with Crippen molar-refractivity contribution in [2.75, 3.05) is 5.32 Å². The summed E-state index contributed by atoms with van der Waals surface area (Å²) in [7, 11) is 0. The zero-order valence-corrected chi connectivity index (χ0v) is 10.1. The number of hydrogen-bond acceptors (Lipinski definition) is 1. The molecule has 2 aromatic rings. The van der Waals surface area contributed by atoms with Gasteiger partial charge in [0.2, 0.25) is 0 Å². The van der Waals surface area contributed by atoms with Crippen LogP contribution in [0.25, 0.3) is 0 Å². The van der Waals surface area contributed by atoms with Crippen molar-refractivity contribution in [1.29, 1.82) is 0 Å². The number of anilines is 1. The third-order valence-corrected chi connectivity index (χ3v) is 2.67. The molecular formula is C14H10F5N. The summed E-state index contributed by atoms with van der Waals surface area (Å²) < 4.78 is 63.8. The van der Waals surface area contributed by atoms with Crippen LogP contribution in [0, 0.1) is 11.6 Å². The SMILES string of the molecule is Fc1ccc(F)c(NCc2cccc(C(F)(F)F)c2)c1. The average molecular weight is 287 g/mol. The first-order valence-electron chi connectivity index (χ1n) is 5.71. The number of nitrogens with one attached hydrogen (secondary N) is 1. The van der Waals surface area contributed by atoms with Crippen LogP contribution in [0.2, 0.25) is 0 Å². The van der Waals surface area contributed by atoms with E-state index in [1.54, 1.807) is 0 Å². The van der Waals surface area contributed by atoms with Gasteiger partial charge in [0.1, 0.15) is 11.6 Å². The van der Waals surface area contributed by atoms with E-state index in [0.29, 0.717) is 5.56 Å². The van der Waals surface area contributed by atoms with Crippen LogP contribution in [-0.2, 0) is 12.7 Å². The van der Waals surface area contributed by atoms with Gasteiger partial charge in [-0.1, -0.05) is 12.1 Å². The van der Waals surface area contributed by atoms with Crippen LogP contribution in [0.4, 0.5) is 27.6 Å². The molecule has 6 heteroatoms. The Labute approximate surface area is 112 Å². The molecule has 0 aromatic heterocycles. The molecule has 0 bridgehead atoms. The predicted octanol–water partition coefficient (Wildman–Crippen LogP) is 4.60. The van der Waals surface area contributed by atoms with Crippen LogP contribution in [0.1, 0.15) is 11.1 Å². The number of alkyl halides is 3. The molecule has 0 fully saturated rings. The summed E-state index contributed by atoms with van der Waals surface area (Å²) in [5.74, 6) is -1.30. The fraction of sp³-hybridized carbons (Fsp3) is 0.143. The van der Waals surface area contributed by atoms with E-state index in [-0.39, 0.29) is 12.2 Å². The topological polar surface area (TPSA) is 12.0 Å². The summed E-state index contributed by atoms with van der Waals surface area (Å²) in [6.45, 7) is -0.0374. The average Bonchev–Trinajstić information content (AvgIpc) is 2.39. The van der Waals surface area contributed by atoms with Crippen molar-refractivity contribution in [3.05, 3.63) is 65.2 Å². The molecule has 0 spiro atoms. The van der Waals surface area contributed by atoms with E-state index >= 15 is 0 Å². The standard InChI is InChI=1S/C14H10F5N/c15-11-4-5-12(16)13(7-11)20-8-9-2-1-3-10(6-9)14(17,18)19/h1-7,20H,8H2. The highest BCUT2D eigenvalue weighted by Gasteiger charge is 2.30. The van der Waals surface area contributed by atoms with Crippen molar-refractivity contribution in [3.8, 4) is 0 Å². The highest BCUT2D eigenvalue weighted by molar-refractivity contribution is 5.45. The third-order valence-electron chi connectivity index (χ3n) is 2.67. The van der Waals surface area contributed by atoms with Gasteiger partial charge in [0.25, 0.3) is 0 Å². The maximum Gasteiger partial charge on any atom is 0.416 e. The Hall–Kier alpha value is -2.11. The maximum atomic E-state index is 13.3. The van der Waals surface area contributed by atoms with Crippen LogP contribution in [-0.4, -0.2) is 0 Å². The molecule has 0 amide bonds. The lowest BCUT2D eigenvalue weighted by molar-refractivity contribution is -0.137. The third kappa shape index (κ3) is 3.46. The van der Waals surface area contributed by atoms with Gasteiger partial charge >= 0.3 is 6.18 Å². The van der Waals surface area contributed by atoms with Gasteiger partial charge in [0, 0.05) is 6.54 Å². The minimum Gasteiger partial charge on any atom is -0.379 e. The molecule has 0 heterocycles. The first-order valence-corrected chi connectivity index (χ1v) is 5.71. The highest BCUT2D eigenvalue weighted by atomic mass is 19.4. The largest absolute Gasteiger partial charge is 0.416 e. The molecule has 0 radical (unpaired) electrons. The first kappa shape index (κ1) is 14.3. The molecule has 0 atom stereocenters. The smallest absolute Gasteiger partial charge is 0.379 e. The van der Waals surface area contributed by atoms with Crippen LogP contribution < -0.4 is 5.32 Å². The van der Waals surface area contributed by atoms with Gasteiger partial charge in [0.15, 0.2) is 0 Å². The lowest BCUT2D eigenvalue weighted by atomic mass is 10.1. The molecule has 1 N–H and O–H groups in total. The minimum atomic E-state index is -4.43. The zero-order valence-electron chi connectivity index (χ0n) is 10.1. The molecule has 0 aliphatic rings. The molecule has 2 rings (SSSR count). The zero-order chi connectivity index (χ0) is 14.8. The molecule has 0 unspecified atom stereocenters. The molecule has 0 saturated heterocycles. The molecule has 0 aliphatic carbocycles. The Bertz CT molecular complexity index is 607. The van der Waals surface area contributed by atoms with Crippen molar-refractivity contribution >= 4 is 5.69 Å². The highest BCUT2D eigenvalue weighted by Crippen LogP contribution is 2.29. The Morgan fingerprint density at radius 2 is 1.70 bits per heavy atom. The van der Waals surface area contributed by atoms with Crippen molar-refractivity contribution in [1.82, 2.24) is 0 Å². The molecule has 0 aliphatic heterocycles. The summed E-state index contributed by atoms with van der Waals surface area (Å²) in [4.78, 5) is 0. The van der Waals surface area contributed by atoms with Crippen LogP contribution in [0.3, 0.4) is 0 Å². The fourth-order valence-electron chi connectivity index (χ4n) is 1.69. The number of hydrogen-bond donors (Lipinski definition) is 1. The Balaban J connectivity index is 2.13. The number of halogens is 5. The van der Waals surface area contributed by atoms with Gasteiger partial charge in [0.05, 0.1) is 11.3 Å². The van der Waals surface area contributed by atoms with E-state index in [1.807, 2.05) is 0 Å². The molecule has 2 aromatic carbocycles.